The minimum absolute atomic E-state index is 0.320. The Morgan fingerprint density at radius 1 is 0.853 bits per heavy atom. The van der Waals surface area contributed by atoms with Crippen molar-refractivity contribution in [3.63, 3.8) is 0 Å². The Labute approximate surface area is 203 Å². The van der Waals surface area contributed by atoms with Crippen molar-refractivity contribution in [2.24, 2.45) is 0 Å². The lowest BCUT2D eigenvalue weighted by Crippen LogP contribution is -2.11. The third-order valence-corrected chi connectivity index (χ3v) is 6.07. The third kappa shape index (κ3) is 5.15. The Bertz CT molecular complexity index is 1270. The number of hydrogen-bond donors (Lipinski definition) is 0. The highest BCUT2D eigenvalue weighted by Crippen LogP contribution is 2.39. The zero-order chi connectivity index (χ0) is 24.1. The van der Waals surface area contributed by atoms with Gasteiger partial charge in [-0.2, -0.15) is 0 Å². The van der Waals surface area contributed by atoms with E-state index in [1.165, 1.54) is 5.56 Å². The molecule has 3 aromatic carbocycles. The van der Waals surface area contributed by atoms with Gasteiger partial charge in [0, 0.05) is 5.56 Å². The molecular weight excluding hydrogens is 450 g/mol. The van der Waals surface area contributed by atoms with E-state index in [1.807, 2.05) is 39.0 Å². The van der Waals surface area contributed by atoms with Crippen molar-refractivity contribution in [3.8, 4) is 33.6 Å². The summed E-state index contributed by atoms with van der Waals surface area (Å²) in [4.78, 5) is 17.6. The van der Waals surface area contributed by atoms with Gasteiger partial charge in [0.1, 0.15) is 10.8 Å². The summed E-state index contributed by atoms with van der Waals surface area (Å²) < 4.78 is 23.9. The number of aryl methyl sites for hydroxylation is 1. The molecule has 0 unspecified atom stereocenters. The van der Waals surface area contributed by atoms with Crippen molar-refractivity contribution in [1.29, 1.82) is 0 Å². The van der Waals surface area contributed by atoms with Crippen LogP contribution in [0.15, 0.2) is 54.6 Å². The van der Waals surface area contributed by atoms with Gasteiger partial charge in [0.25, 0.3) is 0 Å². The number of carbonyl (C=O) groups is 1. The largest absolute Gasteiger partial charge is 0.490 e. The van der Waals surface area contributed by atoms with E-state index in [0.29, 0.717) is 48.4 Å². The lowest BCUT2D eigenvalue weighted by molar-refractivity contribution is 0.0733. The summed E-state index contributed by atoms with van der Waals surface area (Å²) in [6.45, 7) is 9.00. The molecule has 0 fully saturated rings. The number of aromatic nitrogens is 1. The summed E-state index contributed by atoms with van der Waals surface area (Å²) >= 11 is 1.64. The van der Waals surface area contributed by atoms with E-state index in [9.17, 15) is 4.79 Å². The van der Waals surface area contributed by atoms with Crippen molar-refractivity contribution in [2.75, 3.05) is 19.8 Å². The Morgan fingerprint density at radius 3 is 2.12 bits per heavy atom. The molecule has 0 saturated carbocycles. The summed E-state index contributed by atoms with van der Waals surface area (Å²) in [6, 6.07) is 16.8. The maximum Gasteiger partial charge on any atom is 0.343 e. The van der Waals surface area contributed by atoms with Crippen LogP contribution < -0.4 is 18.9 Å². The lowest BCUT2D eigenvalue weighted by atomic mass is 10.1. The number of hydrogen-bond acceptors (Lipinski definition) is 7. The zero-order valence-electron chi connectivity index (χ0n) is 19.7. The molecule has 176 valence electrons. The number of rotatable bonds is 9. The average molecular weight is 478 g/mol. The summed E-state index contributed by atoms with van der Waals surface area (Å²) in [5, 5.41) is 0.924. The van der Waals surface area contributed by atoms with Crippen LogP contribution in [0.3, 0.4) is 0 Å². The van der Waals surface area contributed by atoms with E-state index in [2.05, 4.69) is 19.1 Å². The van der Waals surface area contributed by atoms with Crippen LogP contribution in [-0.2, 0) is 0 Å². The van der Waals surface area contributed by atoms with Gasteiger partial charge in [-0.15, -0.1) is 11.3 Å². The summed E-state index contributed by atoms with van der Waals surface area (Å²) in [7, 11) is 0. The fourth-order valence-corrected chi connectivity index (χ4v) is 4.56. The summed E-state index contributed by atoms with van der Waals surface area (Å²) in [5.41, 5.74) is 3.48. The van der Waals surface area contributed by atoms with E-state index in [1.54, 1.807) is 35.6 Å². The number of nitrogens with zero attached hydrogens (tertiary/aromatic N) is 1. The first-order chi connectivity index (χ1) is 16.5. The molecule has 1 aromatic heterocycles. The zero-order valence-corrected chi connectivity index (χ0v) is 20.5. The van der Waals surface area contributed by atoms with E-state index in [4.69, 9.17) is 23.9 Å². The van der Waals surface area contributed by atoms with Crippen molar-refractivity contribution in [3.05, 3.63) is 65.7 Å². The highest BCUT2D eigenvalue weighted by molar-refractivity contribution is 7.21. The minimum atomic E-state index is -0.506. The first kappa shape index (κ1) is 23.6. The van der Waals surface area contributed by atoms with E-state index < -0.39 is 5.97 Å². The van der Waals surface area contributed by atoms with Crippen molar-refractivity contribution in [2.45, 2.75) is 27.7 Å². The molecule has 0 aliphatic rings. The molecule has 0 saturated heterocycles. The van der Waals surface area contributed by atoms with Gasteiger partial charge in [-0.1, -0.05) is 6.07 Å². The molecule has 1 heterocycles. The molecule has 0 aliphatic carbocycles. The average Bonchev–Trinajstić information content (AvgIpc) is 3.25. The van der Waals surface area contributed by atoms with Crippen LogP contribution in [0.25, 0.3) is 20.8 Å². The fraction of sp³-hybridized carbons (Fsp3) is 0.259. The monoisotopic (exact) mass is 477 g/mol. The lowest BCUT2D eigenvalue weighted by Gasteiger charge is -2.16. The Morgan fingerprint density at radius 2 is 1.50 bits per heavy atom. The van der Waals surface area contributed by atoms with Gasteiger partial charge in [-0.05, 0) is 81.8 Å². The maximum atomic E-state index is 12.9. The number of thiazole rings is 1. The van der Waals surface area contributed by atoms with Crippen molar-refractivity contribution >= 4 is 27.5 Å². The summed E-state index contributed by atoms with van der Waals surface area (Å²) in [5.74, 6) is 1.31. The van der Waals surface area contributed by atoms with Gasteiger partial charge >= 0.3 is 5.97 Å². The predicted molar refractivity (Wildman–Crippen MR) is 135 cm³/mol. The molecule has 4 aromatic rings. The molecule has 0 bridgehead atoms. The number of ether oxygens (including phenoxy) is 4. The van der Waals surface area contributed by atoms with Crippen LogP contribution in [0.1, 0.15) is 36.7 Å². The molecule has 4 rings (SSSR count). The Hall–Kier alpha value is -3.58. The standard InChI is InChI=1S/C27H27NO5S/c1-5-30-22-15-19(16-23(31-6-2)25(22)32-7-3)27(29)33-20-11-9-18(10-12-20)26-28-21-13-8-17(4)14-24(21)34-26/h8-16H,5-7H2,1-4H3. The molecule has 6 nitrogen and oxygen atoms in total. The van der Waals surface area contributed by atoms with Gasteiger partial charge in [-0.3, -0.25) is 0 Å². The molecule has 7 heteroatoms. The fourth-order valence-electron chi connectivity index (χ4n) is 3.49. The van der Waals surface area contributed by atoms with Crippen LogP contribution in [0.4, 0.5) is 0 Å². The highest BCUT2D eigenvalue weighted by Gasteiger charge is 2.20. The van der Waals surface area contributed by atoms with Gasteiger partial charge in [0.05, 0.1) is 35.6 Å². The van der Waals surface area contributed by atoms with Crippen LogP contribution in [0, 0.1) is 6.92 Å². The number of benzene rings is 3. The number of fused-ring (bicyclic) bond motifs is 1. The van der Waals surface area contributed by atoms with Gasteiger partial charge in [-0.25, -0.2) is 9.78 Å². The normalized spacial score (nSPS) is 10.8. The van der Waals surface area contributed by atoms with Gasteiger partial charge in [0.15, 0.2) is 11.5 Å². The third-order valence-electron chi connectivity index (χ3n) is 5.00. The second-order valence-electron chi connectivity index (χ2n) is 7.50. The van der Waals surface area contributed by atoms with Crippen LogP contribution in [0.5, 0.6) is 23.0 Å². The summed E-state index contributed by atoms with van der Waals surface area (Å²) in [6.07, 6.45) is 0. The van der Waals surface area contributed by atoms with Gasteiger partial charge in [0.2, 0.25) is 5.75 Å². The van der Waals surface area contributed by atoms with E-state index in [0.717, 1.165) is 20.8 Å². The molecule has 0 N–H and O–H groups in total. The van der Waals surface area contributed by atoms with Crippen molar-refractivity contribution < 1.29 is 23.7 Å². The molecule has 0 amide bonds. The van der Waals surface area contributed by atoms with Crippen LogP contribution in [0.2, 0.25) is 0 Å². The Kier molecular flexibility index (Phi) is 7.33. The second kappa shape index (κ2) is 10.6. The van der Waals surface area contributed by atoms with Crippen LogP contribution in [-0.4, -0.2) is 30.8 Å². The quantitative estimate of drug-likeness (QED) is 0.198. The smallest absolute Gasteiger partial charge is 0.343 e. The van der Waals surface area contributed by atoms with Crippen LogP contribution >= 0.6 is 11.3 Å². The number of carbonyl (C=O) groups excluding carboxylic acids is 1. The van der Waals surface area contributed by atoms with Crippen molar-refractivity contribution in [1.82, 2.24) is 4.98 Å². The van der Waals surface area contributed by atoms with Gasteiger partial charge < -0.3 is 18.9 Å². The molecular formula is C27H27NO5S. The molecule has 34 heavy (non-hydrogen) atoms. The molecule has 0 aliphatic heterocycles. The SMILES string of the molecule is CCOc1cc(C(=O)Oc2ccc(-c3nc4ccc(C)cc4s3)cc2)cc(OCC)c1OCC. The Balaban J connectivity index is 1.56. The number of esters is 1. The first-order valence-electron chi connectivity index (χ1n) is 11.3. The predicted octanol–water partition coefficient (Wildman–Crippen LogP) is 6.69. The highest BCUT2D eigenvalue weighted by atomic mass is 32.1. The molecule has 0 radical (unpaired) electrons. The maximum absolute atomic E-state index is 12.9. The van der Waals surface area contributed by atoms with E-state index in [-0.39, 0.29) is 0 Å². The second-order valence-corrected chi connectivity index (χ2v) is 8.54. The molecule has 0 atom stereocenters. The molecule has 0 spiro atoms. The topological polar surface area (TPSA) is 66.9 Å². The van der Waals surface area contributed by atoms with E-state index >= 15 is 0 Å². The minimum Gasteiger partial charge on any atom is -0.490 e. The first-order valence-corrected chi connectivity index (χ1v) is 12.1.